The molecule has 0 saturated heterocycles. The van der Waals surface area contributed by atoms with E-state index in [2.05, 4.69) is 248 Å². The van der Waals surface area contributed by atoms with E-state index in [1.54, 1.807) is 0 Å². The van der Waals surface area contributed by atoms with Crippen molar-refractivity contribution >= 4 is 48.6 Å². The Morgan fingerprint density at radius 1 is 0.314 bits per heavy atom. The number of para-hydroxylation sites is 2. The predicted octanol–water partition coefficient (Wildman–Crippen LogP) is 18.6. The van der Waals surface area contributed by atoms with Crippen molar-refractivity contribution in [1.82, 2.24) is 0 Å². The maximum absolute atomic E-state index is 6.67. The van der Waals surface area contributed by atoms with Crippen molar-refractivity contribution in [1.29, 1.82) is 0 Å². The number of hydrogen-bond donors (Lipinski definition) is 0. The lowest BCUT2D eigenvalue weighted by molar-refractivity contribution is 0.488. The Morgan fingerprint density at radius 2 is 0.814 bits per heavy atom. The first-order valence-electron chi connectivity index (χ1n) is 24.1. The van der Waals surface area contributed by atoms with Gasteiger partial charge >= 0.3 is 0 Å². The molecule has 0 fully saturated rings. The molecular weight excluding hydrogens is 867 g/mol. The molecule has 326 valence electrons. The molecule has 2 nitrogen and oxygen atoms in total. The molecule has 1 unspecified atom stereocenters. The maximum atomic E-state index is 6.67. The van der Waals surface area contributed by atoms with Crippen LogP contribution >= 0.6 is 11.3 Å². The summed E-state index contributed by atoms with van der Waals surface area (Å²) >= 11 is 1.89. The largest absolute Gasteiger partial charge is 0.456 e. The summed E-state index contributed by atoms with van der Waals surface area (Å²) in [4.78, 5) is 2.44. The lowest BCUT2D eigenvalue weighted by atomic mass is 9.66. The number of nitrogens with zero attached hydrogens (tertiary/aromatic N) is 1. The van der Waals surface area contributed by atoms with E-state index >= 15 is 0 Å². The van der Waals surface area contributed by atoms with Crippen molar-refractivity contribution < 1.29 is 4.74 Å². The van der Waals surface area contributed by atoms with Gasteiger partial charge in [-0.15, -0.1) is 11.3 Å². The summed E-state index contributed by atoms with van der Waals surface area (Å²) < 4.78 is 9.30. The fraction of sp³-hybridized carbons (Fsp3) is 0.0149. The van der Waals surface area contributed by atoms with Crippen molar-refractivity contribution in [3.8, 4) is 78.3 Å². The Balaban J connectivity index is 1.02. The molecule has 0 saturated carbocycles. The second-order valence-corrected chi connectivity index (χ2v) is 19.7. The third-order valence-electron chi connectivity index (χ3n) is 15.1. The van der Waals surface area contributed by atoms with Gasteiger partial charge in [-0.25, -0.2) is 0 Å². The number of hydrogen-bond acceptors (Lipinski definition) is 3. The van der Waals surface area contributed by atoms with Gasteiger partial charge in [0.1, 0.15) is 11.5 Å². The molecule has 12 aromatic rings. The number of ether oxygens (including phenoxy) is 1. The van der Waals surface area contributed by atoms with Gasteiger partial charge in [-0.2, -0.15) is 0 Å². The first-order valence-corrected chi connectivity index (χ1v) is 24.9. The molecule has 0 radical (unpaired) electrons. The van der Waals surface area contributed by atoms with E-state index in [4.69, 9.17) is 4.74 Å². The minimum absolute atomic E-state index is 0.615. The standard InChI is InChI=1S/C67H41NOS/c1-2-16-42(17-3-1)43-30-32-44(33-31-43)68(45-34-36-49-51-21-8-13-27-61(51)69-62-28-14-9-22-52(62)55(49)40-45)46-35-37-59-56(41-46)48-19-5-4-18-47(48)50-20-6-11-25-57(50)67(59)58-26-12-7-23-53(58)65-60(67)38-39-64-66(65)54-24-10-15-29-63(54)70-64/h1-41H. The van der Waals surface area contributed by atoms with Gasteiger partial charge in [-0.05, 0) is 139 Å². The summed E-state index contributed by atoms with van der Waals surface area (Å²) in [5.74, 6) is 1.71. The van der Waals surface area contributed by atoms with Crippen molar-refractivity contribution in [2.45, 2.75) is 5.41 Å². The molecule has 70 heavy (non-hydrogen) atoms. The van der Waals surface area contributed by atoms with Gasteiger partial charge < -0.3 is 9.64 Å². The van der Waals surface area contributed by atoms with Crippen LogP contribution < -0.4 is 9.64 Å². The highest BCUT2D eigenvalue weighted by molar-refractivity contribution is 7.26. The summed E-state index contributed by atoms with van der Waals surface area (Å²) in [5.41, 5.74) is 22.2. The first-order chi connectivity index (χ1) is 34.7. The van der Waals surface area contributed by atoms with Gasteiger partial charge in [0.25, 0.3) is 0 Å². The number of fused-ring (bicyclic) bond motifs is 21. The smallest absolute Gasteiger partial charge is 0.135 e. The van der Waals surface area contributed by atoms with Crippen LogP contribution in [-0.2, 0) is 5.41 Å². The van der Waals surface area contributed by atoms with Gasteiger partial charge in [0.2, 0.25) is 0 Å². The van der Waals surface area contributed by atoms with Crippen LogP contribution in [0.4, 0.5) is 17.1 Å². The van der Waals surface area contributed by atoms with E-state index in [-0.39, 0.29) is 0 Å². The Hall–Kier alpha value is -8.76. The fourth-order valence-corrected chi connectivity index (χ4v) is 13.3. The molecule has 3 aliphatic rings. The monoisotopic (exact) mass is 907 g/mol. The molecular formula is C67H41NOS. The van der Waals surface area contributed by atoms with Gasteiger partial charge in [-0.1, -0.05) is 188 Å². The molecule has 0 bridgehead atoms. The Kier molecular flexibility index (Phi) is 8.48. The summed E-state index contributed by atoms with van der Waals surface area (Å²) in [6.07, 6.45) is 0. The summed E-state index contributed by atoms with van der Waals surface area (Å²) in [6.45, 7) is 0. The molecule has 0 amide bonds. The molecule has 1 atom stereocenters. The molecule has 1 aliphatic heterocycles. The summed E-state index contributed by atoms with van der Waals surface area (Å²) in [7, 11) is 0. The van der Waals surface area contributed by atoms with Crippen LogP contribution in [0.25, 0.3) is 86.9 Å². The number of benzene rings is 11. The lowest BCUT2D eigenvalue weighted by Gasteiger charge is -2.36. The number of thiophene rings is 1. The Morgan fingerprint density at radius 3 is 1.57 bits per heavy atom. The van der Waals surface area contributed by atoms with E-state index in [0.29, 0.717) is 0 Å². The van der Waals surface area contributed by atoms with Gasteiger partial charge in [0.05, 0.1) is 5.41 Å². The van der Waals surface area contributed by atoms with Crippen LogP contribution in [0.15, 0.2) is 249 Å². The van der Waals surface area contributed by atoms with Crippen LogP contribution in [0.5, 0.6) is 11.5 Å². The molecule has 1 spiro atoms. The Labute approximate surface area is 410 Å². The zero-order chi connectivity index (χ0) is 45.9. The average molecular weight is 908 g/mol. The summed E-state index contributed by atoms with van der Waals surface area (Å²) in [6, 6.07) is 92.0. The van der Waals surface area contributed by atoms with Crippen LogP contribution in [0.1, 0.15) is 22.3 Å². The molecule has 1 aromatic heterocycles. The van der Waals surface area contributed by atoms with E-state index in [0.717, 1.165) is 50.8 Å². The predicted molar refractivity (Wildman–Crippen MR) is 292 cm³/mol. The third kappa shape index (κ3) is 5.55. The van der Waals surface area contributed by atoms with Crippen LogP contribution in [0.2, 0.25) is 0 Å². The quantitative estimate of drug-likeness (QED) is 0.174. The third-order valence-corrected chi connectivity index (χ3v) is 16.3. The lowest BCUT2D eigenvalue weighted by Crippen LogP contribution is -2.29. The average Bonchev–Trinajstić information content (AvgIpc) is 3.88. The zero-order valence-electron chi connectivity index (χ0n) is 37.9. The highest BCUT2D eigenvalue weighted by Gasteiger charge is 2.50. The molecule has 15 rings (SSSR count). The Bertz CT molecular complexity index is 4110. The second kappa shape index (κ2) is 15.1. The number of rotatable bonds is 4. The molecule has 3 heteroatoms. The van der Waals surface area contributed by atoms with Crippen molar-refractivity contribution in [2.75, 3.05) is 4.90 Å². The fourth-order valence-electron chi connectivity index (χ4n) is 12.2. The minimum Gasteiger partial charge on any atom is -0.456 e. The van der Waals surface area contributed by atoms with Crippen molar-refractivity contribution in [3.05, 3.63) is 271 Å². The van der Waals surface area contributed by atoms with E-state index in [9.17, 15) is 0 Å². The minimum atomic E-state index is -0.615. The highest BCUT2D eigenvalue weighted by Crippen LogP contribution is 2.64. The van der Waals surface area contributed by atoms with Crippen LogP contribution in [0.3, 0.4) is 0 Å². The SMILES string of the molecule is c1ccc(-c2ccc(N(c3ccc4c(c3)-c3ccccc3Oc3ccccc3-4)c3ccc4c(c3)-c3ccccc3-c3ccccc3C43c4ccccc4-c4c3ccc3sc5ccccc5c43)cc2)cc1. The molecule has 0 N–H and O–H groups in total. The van der Waals surface area contributed by atoms with E-state index in [1.165, 1.54) is 86.9 Å². The van der Waals surface area contributed by atoms with Crippen molar-refractivity contribution in [3.63, 3.8) is 0 Å². The van der Waals surface area contributed by atoms with E-state index in [1.807, 2.05) is 17.4 Å². The highest BCUT2D eigenvalue weighted by atomic mass is 32.1. The molecule has 2 aliphatic carbocycles. The molecule has 11 aromatic carbocycles. The first kappa shape index (κ1) is 39.3. The second-order valence-electron chi connectivity index (χ2n) is 18.6. The van der Waals surface area contributed by atoms with Crippen molar-refractivity contribution in [2.24, 2.45) is 0 Å². The zero-order valence-corrected chi connectivity index (χ0v) is 38.8. The topological polar surface area (TPSA) is 12.5 Å². The molecule has 2 heterocycles. The maximum Gasteiger partial charge on any atom is 0.135 e. The van der Waals surface area contributed by atoms with Gasteiger partial charge in [0.15, 0.2) is 0 Å². The number of anilines is 3. The van der Waals surface area contributed by atoms with Gasteiger partial charge in [-0.3, -0.25) is 0 Å². The van der Waals surface area contributed by atoms with E-state index < -0.39 is 5.41 Å². The van der Waals surface area contributed by atoms with Crippen LogP contribution in [-0.4, -0.2) is 0 Å². The van der Waals surface area contributed by atoms with Crippen LogP contribution in [0, 0.1) is 0 Å². The van der Waals surface area contributed by atoms with Gasteiger partial charge in [0, 0.05) is 48.4 Å². The summed E-state index contributed by atoms with van der Waals surface area (Å²) in [5, 5.41) is 2.67. The normalized spacial score (nSPS) is 14.5.